The summed E-state index contributed by atoms with van der Waals surface area (Å²) in [7, 11) is 0. The quantitative estimate of drug-likeness (QED) is 0.415. The number of carbonyl (C=O) groups excluding carboxylic acids is 3. The Labute approximate surface area is 139 Å². The third-order valence-corrected chi connectivity index (χ3v) is 3.83. The van der Waals surface area contributed by atoms with E-state index in [4.69, 9.17) is 9.47 Å². The van der Waals surface area contributed by atoms with Crippen molar-refractivity contribution in [2.24, 2.45) is 0 Å². The second kappa shape index (κ2) is 6.66. The molecule has 2 aromatic carbocycles. The maximum absolute atomic E-state index is 12.7. The third kappa shape index (κ3) is 2.80. The lowest BCUT2D eigenvalue weighted by molar-refractivity contribution is 0.0937. The van der Waals surface area contributed by atoms with Crippen molar-refractivity contribution >= 4 is 17.7 Å². The molecule has 2 aromatic rings. The molecule has 0 amide bonds. The highest BCUT2D eigenvalue weighted by molar-refractivity contribution is 6.29. The summed E-state index contributed by atoms with van der Waals surface area (Å²) in [5.74, 6) is -0.552. The van der Waals surface area contributed by atoms with Crippen LogP contribution >= 0.6 is 0 Å². The first-order valence-electron chi connectivity index (χ1n) is 7.79. The molecule has 122 valence electrons. The molecule has 5 nitrogen and oxygen atoms in total. The van der Waals surface area contributed by atoms with Crippen LogP contribution in [0, 0.1) is 0 Å². The fraction of sp³-hybridized carbons (Fsp3) is 0.211. The Kier molecular flexibility index (Phi) is 4.42. The Morgan fingerprint density at radius 2 is 1.58 bits per heavy atom. The predicted octanol–water partition coefficient (Wildman–Crippen LogP) is 3.78. The van der Waals surface area contributed by atoms with Gasteiger partial charge in [0.05, 0.1) is 12.2 Å². The molecule has 24 heavy (non-hydrogen) atoms. The molecule has 3 rings (SSSR count). The second-order valence-electron chi connectivity index (χ2n) is 5.44. The van der Waals surface area contributed by atoms with Crippen molar-refractivity contribution in [3.8, 4) is 5.75 Å². The molecule has 1 aliphatic carbocycles. The number of unbranched alkanes of at least 4 members (excludes halogenated alkanes) is 1. The van der Waals surface area contributed by atoms with Crippen LogP contribution in [0.4, 0.5) is 4.79 Å². The first-order chi connectivity index (χ1) is 11.6. The molecule has 0 atom stereocenters. The number of ketones is 2. The lowest BCUT2D eigenvalue weighted by atomic mass is 9.84. The Hall–Kier alpha value is -2.95. The van der Waals surface area contributed by atoms with E-state index in [9.17, 15) is 14.4 Å². The number of carbonyl (C=O) groups is 3. The average molecular weight is 324 g/mol. The van der Waals surface area contributed by atoms with Gasteiger partial charge in [0.25, 0.3) is 0 Å². The van der Waals surface area contributed by atoms with Crippen LogP contribution in [0.3, 0.4) is 0 Å². The lowest BCUT2D eigenvalue weighted by Gasteiger charge is -2.19. The van der Waals surface area contributed by atoms with Gasteiger partial charge < -0.3 is 9.47 Å². The van der Waals surface area contributed by atoms with E-state index < -0.39 is 6.16 Å². The molecule has 0 radical (unpaired) electrons. The zero-order valence-corrected chi connectivity index (χ0v) is 13.2. The minimum absolute atomic E-state index is 0.0434. The fourth-order valence-electron chi connectivity index (χ4n) is 2.62. The Bertz CT molecular complexity index is 822. The van der Waals surface area contributed by atoms with Crippen LogP contribution in [0.5, 0.6) is 5.75 Å². The third-order valence-electron chi connectivity index (χ3n) is 3.83. The first kappa shape index (κ1) is 15.9. The van der Waals surface area contributed by atoms with E-state index in [-0.39, 0.29) is 35.0 Å². The summed E-state index contributed by atoms with van der Waals surface area (Å²) in [5, 5.41) is 0. The number of hydrogen-bond donors (Lipinski definition) is 0. The van der Waals surface area contributed by atoms with E-state index in [0.717, 1.165) is 12.8 Å². The highest BCUT2D eigenvalue weighted by atomic mass is 16.7. The molecule has 1 aliphatic rings. The van der Waals surface area contributed by atoms with Gasteiger partial charge in [0.1, 0.15) is 5.75 Å². The standard InChI is InChI=1S/C19H16O5/c1-2-3-11-23-19(22)24-15-10-6-9-14-16(15)18(21)13-8-5-4-7-12(13)17(14)20/h4-10H,2-3,11H2,1H3. The maximum atomic E-state index is 12.7. The van der Waals surface area contributed by atoms with Gasteiger partial charge in [-0.1, -0.05) is 49.7 Å². The molecular formula is C19H16O5. The van der Waals surface area contributed by atoms with Crippen molar-refractivity contribution in [2.75, 3.05) is 6.61 Å². The molecule has 0 unspecified atom stereocenters. The summed E-state index contributed by atoms with van der Waals surface area (Å²) >= 11 is 0. The Balaban J connectivity index is 1.94. The summed E-state index contributed by atoms with van der Waals surface area (Å²) in [6, 6.07) is 11.2. The molecule has 5 heteroatoms. The summed E-state index contributed by atoms with van der Waals surface area (Å²) in [6.45, 7) is 2.23. The Morgan fingerprint density at radius 1 is 0.917 bits per heavy atom. The predicted molar refractivity (Wildman–Crippen MR) is 86.6 cm³/mol. The number of benzene rings is 2. The zero-order chi connectivity index (χ0) is 17.1. The van der Waals surface area contributed by atoms with Crippen molar-refractivity contribution in [3.05, 3.63) is 64.7 Å². The molecule has 0 aliphatic heterocycles. The second-order valence-corrected chi connectivity index (χ2v) is 5.44. The largest absolute Gasteiger partial charge is 0.513 e. The van der Waals surface area contributed by atoms with Gasteiger partial charge >= 0.3 is 6.16 Å². The summed E-state index contributed by atoms with van der Waals surface area (Å²) in [4.78, 5) is 37.1. The van der Waals surface area contributed by atoms with E-state index in [1.54, 1.807) is 36.4 Å². The number of hydrogen-bond acceptors (Lipinski definition) is 5. The number of ether oxygens (including phenoxy) is 2. The number of fused-ring (bicyclic) bond motifs is 2. The van der Waals surface area contributed by atoms with Gasteiger partial charge in [-0.2, -0.15) is 0 Å². The molecule has 0 heterocycles. The topological polar surface area (TPSA) is 69.7 Å². The van der Waals surface area contributed by atoms with Crippen molar-refractivity contribution in [1.82, 2.24) is 0 Å². The summed E-state index contributed by atoms with van der Waals surface area (Å²) in [5.41, 5.74) is 1.01. The monoisotopic (exact) mass is 324 g/mol. The van der Waals surface area contributed by atoms with Gasteiger partial charge in [0.2, 0.25) is 0 Å². The smallest absolute Gasteiger partial charge is 0.434 e. The van der Waals surface area contributed by atoms with E-state index in [1.807, 2.05) is 6.92 Å². The molecule has 0 bridgehead atoms. The van der Waals surface area contributed by atoms with Crippen LogP contribution < -0.4 is 4.74 Å². The van der Waals surface area contributed by atoms with Crippen molar-refractivity contribution in [2.45, 2.75) is 19.8 Å². The van der Waals surface area contributed by atoms with Crippen LogP contribution in [0.1, 0.15) is 51.6 Å². The van der Waals surface area contributed by atoms with E-state index in [1.165, 1.54) is 6.07 Å². The lowest BCUT2D eigenvalue weighted by Crippen LogP contribution is -2.23. The molecule has 0 fully saturated rings. The van der Waals surface area contributed by atoms with Crippen molar-refractivity contribution in [1.29, 1.82) is 0 Å². The van der Waals surface area contributed by atoms with Crippen LogP contribution in [-0.2, 0) is 4.74 Å². The zero-order valence-electron chi connectivity index (χ0n) is 13.2. The van der Waals surface area contributed by atoms with Gasteiger partial charge in [-0.3, -0.25) is 9.59 Å². The van der Waals surface area contributed by atoms with Crippen molar-refractivity contribution in [3.63, 3.8) is 0 Å². The molecular weight excluding hydrogens is 308 g/mol. The SMILES string of the molecule is CCCCOC(=O)Oc1cccc2c1C(=O)c1ccccc1C2=O. The van der Waals surface area contributed by atoms with Gasteiger partial charge in [0.15, 0.2) is 11.6 Å². The van der Waals surface area contributed by atoms with E-state index >= 15 is 0 Å². The summed E-state index contributed by atoms with van der Waals surface area (Å²) < 4.78 is 10.1. The highest BCUT2D eigenvalue weighted by Gasteiger charge is 2.32. The maximum Gasteiger partial charge on any atom is 0.513 e. The molecule has 0 spiro atoms. The molecule has 0 saturated carbocycles. The first-order valence-corrected chi connectivity index (χ1v) is 7.79. The fourth-order valence-corrected chi connectivity index (χ4v) is 2.62. The van der Waals surface area contributed by atoms with Crippen molar-refractivity contribution < 1.29 is 23.9 Å². The Morgan fingerprint density at radius 3 is 2.29 bits per heavy atom. The minimum Gasteiger partial charge on any atom is -0.434 e. The molecule has 0 saturated heterocycles. The molecule has 0 aromatic heterocycles. The van der Waals surface area contributed by atoms with Crippen LogP contribution in [-0.4, -0.2) is 24.3 Å². The highest BCUT2D eigenvalue weighted by Crippen LogP contribution is 2.33. The van der Waals surface area contributed by atoms with Gasteiger partial charge in [-0.15, -0.1) is 0 Å². The van der Waals surface area contributed by atoms with E-state index in [2.05, 4.69) is 0 Å². The van der Waals surface area contributed by atoms with Crippen LogP contribution in [0.25, 0.3) is 0 Å². The van der Waals surface area contributed by atoms with Crippen LogP contribution in [0.2, 0.25) is 0 Å². The van der Waals surface area contributed by atoms with Gasteiger partial charge in [0, 0.05) is 16.7 Å². The summed E-state index contributed by atoms with van der Waals surface area (Å²) in [6.07, 6.45) is 0.737. The normalized spacial score (nSPS) is 12.4. The minimum atomic E-state index is -0.879. The van der Waals surface area contributed by atoms with E-state index in [0.29, 0.717) is 11.1 Å². The van der Waals surface area contributed by atoms with Crippen LogP contribution in [0.15, 0.2) is 42.5 Å². The van der Waals surface area contributed by atoms with Gasteiger partial charge in [-0.25, -0.2) is 4.79 Å². The number of rotatable bonds is 4. The molecule has 0 N–H and O–H groups in total. The average Bonchev–Trinajstić information content (AvgIpc) is 2.60. The van der Waals surface area contributed by atoms with Gasteiger partial charge in [-0.05, 0) is 12.5 Å².